The number of aliphatic hydroxyl groups excluding tert-OH is 1. The van der Waals surface area contributed by atoms with Gasteiger partial charge in [-0.25, -0.2) is 22.0 Å². The Balaban J connectivity index is 2.57. The van der Waals surface area contributed by atoms with E-state index in [9.17, 15) is 27.1 Å². The van der Waals surface area contributed by atoms with Crippen molar-refractivity contribution in [2.45, 2.75) is 19.0 Å². The van der Waals surface area contributed by atoms with Crippen molar-refractivity contribution in [3.63, 3.8) is 0 Å². The Morgan fingerprint density at radius 1 is 1.11 bits per heavy atom. The van der Waals surface area contributed by atoms with Crippen molar-refractivity contribution in [1.29, 1.82) is 0 Å². The van der Waals surface area contributed by atoms with Crippen molar-refractivity contribution in [2.24, 2.45) is 0 Å². The van der Waals surface area contributed by atoms with Gasteiger partial charge in [-0.3, -0.25) is 0 Å². The van der Waals surface area contributed by atoms with E-state index in [1.165, 1.54) is 0 Å². The third-order valence-corrected chi connectivity index (χ3v) is 2.20. The summed E-state index contributed by atoms with van der Waals surface area (Å²) in [6, 6.07) is 1.57. The largest absolute Gasteiger partial charge is 0.388 e. The number of halogens is 5. The highest BCUT2D eigenvalue weighted by molar-refractivity contribution is 5.22. The summed E-state index contributed by atoms with van der Waals surface area (Å²) in [6.45, 7) is -1.04. The molecule has 2 nitrogen and oxygen atoms in total. The summed E-state index contributed by atoms with van der Waals surface area (Å²) in [5.74, 6) is -4.53. The van der Waals surface area contributed by atoms with Crippen LogP contribution in [0.15, 0.2) is 12.1 Å². The molecule has 0 aliphatic carbocycles. The number of hydrogen-bond acceptors (Lipinski definition) is 2. The van der Waals surface area contributed by atoms with Crippen LogP contribution in [-0.2, 0) is 4.74 Å². The number of rotatable bonds is 6. The molecule has 1 unspecified atom stereocenters. The minimum absolute atomic E-state index is 0.200. The highest BCUT2D eigenvalue weighted by Gasteiger charge is 2.19. The van der Waals surface area contributed by atoms with Crippen LogP contribution in [0.3, 0.4) is 0 Å². The lowest BCUT2D eigenvalue weighted by atomic mass is 10.1. The molecule has 0 amide bonds. The molecule has 18 heavy (non-hydrogen) atoms. The zero-order valence-corrected chi connectivity index (χ0v) is 9.18. The van der Waals surface area contributed by atoms with Gasteiger partial charge in [0.15, 0.2) is 17.5 Å². The van der Waals surface area contributed by atoms with Gasteiger partial charge in [-0.15, -0.1) is 0 Å². The van der Waals surface area contributed by atoms with Crippen LogP contribution in [0.1, 0.15) is 18.1 Å². The van der Waals surface area contributed by atoms with Crippen LogP contribution < -0.4 is 0 Å². The number of ether oxygens (including phenoxy) is 1. The predicted octanol–water partition coefficient (Wildman–Crippen LogP) is 2.81. The molecule has 0 aliphatic rings. The molecule has 1 atom stereocenters. The van der Waals surface area contributed by atoms with E-state index in [1.54, 1.807) is 0 Å². The van der Waals surface area contributed by atoms with Crippen LogP contribution in [0, 0.1) is 17.5 Å². The van der Waals surface area contributed by atoms with E-state index in [4.69, 9.17) is 0 Å². The van der Waals surface area contributed by atoms with Gasteiger partial charge in [-0.1, -0.05) is 6.07 Å². The fourth-order valence-electron chi connectivity index (χ4n) is 1.32. The lowest BCUT2D eigenvalue weighted by Gasteiger charge is -2.12. The summed E-state index contributed by atoms with van der Waals surface area (Å²) < 4.78 is 66.6. The summed E-state index contributed by atoms with van der Waals surface area (Å²) in [4.78, 5) is 0. The number of benzene rings is 1. The molecular weight excluding hydrogens is 259 g/mol. The van der Waals surface area contributed by atoms with Gasteiger partial charge in [-0.2, -0.15) is 0 Å². The fourth-order valence-corrected chi connectivity index (χ4v) is 1.32. The number of hydrogen-bond donors (Lipinski definition) is 1. The van der Waals surface area contributed by atoms with E-state index in [0.717, 1.165) is 6.07 Å². The maximum absolute atomic E-state index is 13.2. The molecule has 0 spiro atoms. The molecule has 0 heterocycles. The third kappa shape index (κ3) is 3.92. The van der Waals surface area contributed by atoms with E-state index in [2.05, 4.69) is 4.74 Å². The first-order valence-corrected chi connectivity index (χ1v) is 5.10. The fraction of sp³-hybridized carbons (Fsp3) is 0.455. The molecule has 0 saturated heterocycles. The van der Waals surface area contributed by atoms with Crippen LogP contribution in [0.25, 0.3) is 0 Å². The first-order chi connectivity index (χ1) is 8.43. The van der Waals surface area contributed by atoms with Gasteiger partial charge in [0, 0.05) is 18.6 Å². The predicted molar refractivity (Wildman–Crippen MR) is 52.7 cm³/mol. The molecule has 1 N–H and O–H groups in total. The second-order valence-electron chi connectivity index (χ2n) is 3.54. The molecule has 1 aromatic carbocycles. The van der Waals surface area contributed by atoms with Gasteiger partial charge in [0.25, 0.3) is 6.43 Å². The Morgan fingerprint density at radius 2 is 1.78 bits per heavy atom. The molecule has 0 bridgehead atoms. The number of aliphatic hydroxyl groups is 1. The molecule has 0 saturated carbocycles. The average Bonchev–Trinajstić information content (AvgIpc) is 2.31. The molecule has 1 aromatic rings. The highest BCUT2D eigenvalue weighted by Crippen LogP contribution is 2.23. The maximum Gasteiger partial charge on any atom is 0.261 e. The monoisotopic (exact) mass is 270 g/mol. The second kappa shape index (κ2) is 6.65. The van der Waals surface area contributed by atoms with E-state index >= 15 is 0 Å². The van der Waals surface area contributed by atoms with Crippen molar-refractivity contribution in [3.8, 4) is 0 Å². The van der Waals surface area contributed by atoms with Gasteiger partial charge in [0.2, 0.25) is 0 Å². The molecule has 0 aliphatic heterocycles. The van der Waals surface area contributed by atoms with Crippen molar-refractivity contribution in [1.82, 2.24) is 0 Å². The normalized spacial score (nSPS) is 13.1. The standard InChI is InChI=1S/C11H11F5O2/c12-7-2-1-6(10(15)11(7)16)8(17)3-4-18-5-9(13)14/h1-2,8-9,17H,3-5H2. The third-order valence-electron chi connectivity index (χ3n) is 2.20. The molecule has 0 aromatic heterocycles. The smallest absolute Gasteiger partial charge is 0.261 e. The zero-order valence-electron chi connectivity index (χ0n) is 9.18. The molecular formula is C11H11F5O2. The Morgan fingerprint density at radius 3 is 2.39 bits per heavy atom. The summed E-state index contributed by atoms with van der Waals surface area (Å²) in [7, 11) is 0. The van der Waals surface area contributed by atoms with Gasteiger partial charge in [-0.05, 0) is 6.07 Å². The molecule has 102 valence electrons. The Kier molecular flexibility index (Phi) is 5.49. The zero-order chi connectivity index (χ0) is 13.7. The summed E-state index contributed by atoms with van der Waals surface area (Å²) in [5.41, 5.74) is -0.436. The molecule has 0 fully saturated rings. The molecule has 7 heteroatoms. The van der Waals surface area contributed by atoms with Gasteiger partial charge in [0.05, 0.1) is 6.10 Å². The van der Waals surface area contributed by atoms with Crippen molar-refractivity contribution < 1.29 is 31.8 Å². The van der Waals surface area contributed by atoms with Crippen LogP contribution in [0.4, 0.5) is 22.0 Å². The maximum atomic E-state index is 13.2. The summed E-state index contributed by atoms with van der Waals surface area (Å²) >= 11 is 0. The molecule has 0 radical (unpaired) electrons. The summed E-state index contributed by atoms with van der Waals surface area (Å²) in [5, 5.41) is 9.49. The van der Waals surface area contributed by atoms with Crippen molar-refractivity contribution >= 4 is 0 Å². The number of alkyl halides is 2. The van der Waals surface area contributed by atoms with Gasteiger partial charge < -0.3 is 9.84 Å². The Bertz CT molecular complexity index is 397. The SMILES string of the molecule is OC(CCOCC(F)F)c1ccc(F)c(F)c1F. The van der Waals surface area contributed by atoms with E-state index in [-0.39, 0.29) is 13.0 Å². The van der Waals surface area contributed by atoms with Crippen LogP contribution in [0.5, 0.6) is 0 Å². The minimum Gasteiger partial charge on any atom is -0.388 e. The average molecular weight is 270 g/mol. The lowest BCUT2D eigenvalue weighted by molar-refractivity contribution is 0.00440. The van der Waals surface area contributed by atoms with Crippen LogP contribution >= 0.6 is 0 Å². The van der Waals surface area contributed by atoms with Crippen molar-refractivity contribution in [3.05, 3.63) is 35.1 Å². The Labute approximate surface area is 100.0 Å². The van der Waals surface area contributed by atoms with E-state index < -0.39 is 42.2 Å². The van der Waals surface area contributed by atoms with E-state index in [0.29, 0.717) is 6.07 Å². The van der Waals surface area contributed by atoms with Gasteiger partial charge >= 0.3 is 0 Å². The first kappa shape index (κ1) is 14.8. The Hall–Kier alpha value is -1.21. The topological polar surface area (TPSA) is 29.5 Å². The lowest BCUT2D eigenvalue weighted by Crippen LogP contribution is -2.10. The highest BCUT2D eigenvalue weighted by atomic mass is 19.3. The quantitative estimate of drug-likeness (QED) is 0.489. The van der Waals surface area contributed by atoms with Crippen LogP contribution in [0.2, 0.25) is 0 Å². The van der Waals surface area contributed by atoms with Crippen molar-refractivity contribution in [2.75, 3.05) is 13.2 Å². The first-order valence-electron chi connectivity index (χ1n) is 5.10. The minimum atomic E-state index is -2.64. The van der Waals surface area contributed by atoms with E-state index in [1.807, 2.05) is 0 Å². The molecule has 1 rings (SSSR count). The van der Waals surface area contributed by atoms with Crippen LogP contribution in [-0.4, -0.2) is 24.7 Å². The second-order valence-corrected chi connectivity index (χ2v) is 3.54. The van der Waals surface area contributed by atoms with Gasteiger partial charge in [0.1, 0.15) is 6.61 Å². The summed E-state index contributed by atoms with van der Waals surface area (Å²) in [6.07, 6.45) is -4.28.